The van der Waals surface area contributed by atoms with Crippen molar-refractivity contribution in [1.82, 2.24) is 19.9 Å². The van der Waals surface area contributed by atoms with Gasteiger partial charge in [0.05, 0.1) is 24.6 Å². The quantitative estimate of drug-likeness (QED) is 0.373. The third kappa shape index (κ3) is 4.89. The van der Waals surface area contributed by atoms with Crippen LogP contribution in [0, 0.1) is 6.92 Å². The third-order valence-electron chi connectivity index (χ3n) is 4.62. The first kappa shape index (κ1) is 22.5. The van der Waals surface area contributed by atoms with E-state index in [1.807, 2.05) is 0 Å². The van der Waals surface area contributed by atoms with Crippen LogP contribution in [0.25, 0.3) is 10.9 Å². The van der Waals surface area contributed by atoms with Crippen LogP contribution in [0.15, 0.2) is 53.6 Å². The molecule has 0 aliphatic carbocycles. The van der Waals surface area contributed by atoms with Gasteiger partial charge in [-0.25, -0.2) is 28.1 Å². The number of benzene rings is 2. The Hall–Kier alpha value is -3.70. The van der Waals surface area contributed by atoms with E-state index in [0.29, 0.717) is 39.6 Å². The Morgan fingerprint density at radius 1 is 0.939 bits per heavy atom. The lowest BCUT2D eigenvalue weighted by atomic mass is 10.2. The van der Waals surface area contributed by atoms with E-state index in [9.17, 15) is 8.42 Å². The summed E-state index contributed by atoms with van der Waals surface area (Å²) in [5.41, 5.74) is 1.79. The van der Waals surface area contributed by atoms with Gasteiger partial charge in [0.15, 0.2) is 11.5 Å². The Morgan fingerprint density at radius 2 is 1.64 bits per heavy atom. The zero-order valence-corrected chi connectivity index (χ0v) is 19.4. The van der Waals surface area contributed by atoms with Crippen molar-refractivity contribution in [2.75, 3.05) is 24.3 Å². The zero-order chi connectivity index (χ0) is 23.6. The smallest absolute Gasteiger partial charge is 0.264 e. The summed E-state index contributed by atoms with van der Waals surface area (Å²) in [5, 5.41) is 3.83. The minimum Gasteiger partial charge on any atom is -0.493 e. The molecular weight excluding hydrogens is 468 g/mol. The molecule has 0 aliphatic rings. The van der Waals surface area contributed by atoms with Gasteiger partial charge in [-0.2, -0.15) is 4.98 Å². The number of nitrogens with one attached hydrogen (secondary N) is 2. The number of fused-ring (bicyclic) bond motifs is 1. The van der Waals surface area contributed by atoms with Gasteiger partial charge in [-0.3, -0.25) is 0 Å². The summed E-state index contributed by atoms with van der Waals surface area (Å²) in [5.74, 6) is 1.44. The number of ether oxygens (including phenoxy) is 2. The van der Waals surface area contributed by atoms with Gasteiger partial charge in [-0.05, 0) is 54.9 Å². The van der Waals surface area contributed by atoms with Gasteiger partial charge in [0.25, 0.3) is 10.0 Å². The maximum atomic E-state index is 12.7. The van der Waals surface area contributed by atoms with Crippen LogP contribution in [0.5, 0.6) is 11.5 Å². The molecule has 12 heteroatoms. The highest BCUT2D eigenvalue weighted by Crippen LogP contribution is 2.35. The van der Waals surface area contributed by atoms with Crippen LogP contribution < -0.4 is 19.5 Å². The van der Waals surface area contributed by atoms with Crippen molar-refractivity contribution in [2.24, 2.45) is 0 Å². The second-order valence-corrected chi connectivity index (χ2v) is 8.86. The lowest BCUT2D eigenvalue weighted by Crippen LogP contribution is -2.15. The molecule has 0 radical (unpaired) electrons. The number of halogens is 1. The van der Waals surface area contributed by atoms with E-state index in [1.54, 1.807) is 37.3 Å². The molecule has 2 N–H and O–H groups in total. The molecule has 2 heterocycles. The number of sulfonamides is 1. The Labute approximate surface area is 195 Å². The number of aryl methyl sites for hydroxylation is 1. The first-order chi connectivity index (χ1) is 15.8. The number of rotatable bonds is 7. The van der Waals surface area contributed by atoms with Crippen molar-refractivity contribution >= 4 is 50.0 Å². The predicted molar refractivity (Wildman–Crippen MR) is 125 cm³/mol. The van der Waals surface area contributed by atoms with Crippen LogP contribution >= 0.6 is 11.6 Å². The van der Waals surface area contributed by atoms with Gasteiger partial charge in [0.1, 0.15) is 5.82 Å². The molecule has 33 heavy (non-hydrogen) atoms. The lowest BCUT2D eigenvalue weighted by Gasteiger charge is -2.13. The summed E-state index contributed by atoms with van der Waals surface area (Å²) >= 11 is 6.10. The fourth-order valence-electron chi connectivity index (χ4n) is 3.05. The predicted octanol–water partition coefficient (Wildman–Crippen LogP) is 3.94. The maximum Gasteiger partial charge on any atom is 0.264 e. The molecule has 4 rings (SSSR count). The van der Waals surface area contributed by atoms with Gasteiger partial charge in [0.2, 0.25) is 11.2 Å². The number of anilines is 3. The Morgan fingerprint density at radius 3 is 2.30 bits per heavy atom. The minimum absolute atomic E-state index is 0.00340. The van der Waals surface area contributed by atoms with Crippen LogP contribution in [-0.2, 0) is 10.0 Å². The molecule has 170 valence electrons. The number of aromatic nitrogens is 4. The first-order valence-electron chi connectivity index (χ1n) is 9.58. The molecule has 0 aliphatic heterocycles. The van der Waals surface area contributed by atoms with Crippen molar-refractivity contribution in [1.29, 1.82) is 0 Å². The highest BCUT2D eigenvalue weighted by Gasteiger charge is 2.17. The number of hydrogen-bond acceptors (Lipinski definition) is 9. The molecule has 0 atom stereocenters. The first-order valence-corrected chi connectivity index (χ1v) is 11.4. The van der Waals surface area contributed by atoms with Crippen LogP contribution in [0.4, 0.5) is 17.5 Å². The van der Waals surface area contributed by atoms with Crippen molar-refractivity contribution in [3.63, 3.8) is 0 Å². The fraction of sp³-hybridized carbons (Fsp3) is 0.143. The zero-order valence-electron chi connectivity index (χ0n) is 17.8. The monoisotopic (exact) mass is 486 g/mol. The van der Waals surface area contributed by atoms with Gasteiger partial charge >= 0.3 is 0 Å². The second kappa shape index (κ2) is 9.04. The Kier molecular flexibility index (Phi) is 6.16. The van der Waals surface area contributed by atoms with Gasteiger partial charge < -0.3 is 14.8 Å². The van der Waals surface area contributed by atoms with Crippen molar-refractivity contribution < 1.29 is 17.9 Å². The van der Waals surface area contributed by atoms with Crippen molar-refractivity contribution in [2.45, 2.75) is 11.8 Å². The molecule has 0 unspecified atom stereocenters. The molecule has 0 amide bonds. The lowest BCUT2D eigenvalue weighted by molar-refractivity contribution is 0.356. The summed E-state index contributed by atoms with van der Waals surface area (Å²) in [7, 11) is -0.798. The van der Waals surface area contributed by atoms with Gasteiger partial charge in [-0.15, -0.1) is 0 Å². The average molecular weight is 487 g/mol. The second-order valence-electron chi connectivity index (χ2n) is 6.84. The molecule has 0 saturated carbocycles. The van der Waals surface area contributed by atoms with Crippen molar-refractivity contribution in [3.05, 3.63) is 59.6 Å². The number of methoxy groups -OCH3 is 2. The van der Waals surface area contributed by atoms with Crippen LogP contribution in [0.2, 0.25) is 5.28 Å². The van der Waals surface area contributed by atoms with Crippen LogP contribution in [0.3, 0.4) is 0 Å². The standard InChI is InChI=1S/C21H19ClN6O4S/c1-12-8-9-23-21(24-12)28-33(29,30)14-6-4-13(5-7-14)25-19-15-10-17(31-2)18(32-3)11-16(15)26-20(22)27-19/h4-11H,1-3H3,(H,23,24,28)(H,25,26,27). The van der Waals surface area contributed by atoms with Gasteiger partial charge in [0, 0.05) is 29.0 Å². The molecule has 0 bridgehead atoms. The molecule has 0 fully saturated rings. The normalized spacial score (nSPS) is 11.3. The summed E-state index contributed by atoms with van der Waals surface area (Å²) < 4.78 is 38.4. The summed E-state index contributed by atoms with van der Waals surface area (Å²) in [6.07, 6.45) is 1.48. The van der Waals surface area contributed by atoms with Crippen molar-refractivity contribution in [3.8, 4) is 11.5 Å². The van der Waals surface area contributed by atoms with Gasteiger partial charge in [-0.1, -0.05) is 0 Å². The van der Waals surface area contributed by atoms with E-state index in [2.05, 4.69) is 30.0 Å². The van der Waals surface area contributed by atoms with E-state index in [0.717, 1.165) is 0 Å². The molecule has 0 saturated heterocycles. The maximum absolute atomic E-state index is 12.7. The highest BCUT2D eigenvalue weighted by atomic mass is 35.5. The molecule has 10 nitrogen and oxygen atoms in total. The highest BCUT2D eigenvalue weighted by molar-refractivity contribution is 7.92. The minimum atomic E-state index is -3.86. The summed E-state index contributed by atoms with van der Waals surface area (Å²) in [6.45, 7) is 1.74. The van der Waals surface area contributed by atoms with E-state index < -0.39 is 10.0 Å². The van der Waals surface area contributed by atoms with Crippen LogP contribution in [0.1, 0.15) is 5.69 Å². The molecule has 0 spiro atoms. The third-order valence-corrected chi connectivity index (χ3v) is 6.13. The summed E-state index contributed by atoms with van der Waals surface area (Å²) in [6, 6.07) is 11.2. The number of nitrogens with zero attached hydrogens (tertiary/aromatic N) is 4. The Balaban J connectivity index is 1.63. The Bertz CT molecular complexity index is 1430. The fourth-order valence-corrected chi connectivity index (χ4v) is 4.18. The van der Waals surface area contributed by atoms with E-state index in [4.69, 9.17) is 21.1 Å². The SMILES string of the molecule is COc1cc2nc(Cl)nc(Nc3ccc(S(=O)(=O)Nc4nccc(C)n4)cc3)c2cc1OC. The topological polar surface area (TPSA) is 128 Å². The summed E-state index contributed by atoms with van der Waals surface area (Å²) in [4.78, 5) is 16.5. The molecule has 4 aromatic rings. The molecule has 2 aromatic heterocycles. The average Bonchev–Trinajstić information content (AvgIpc) is 2.78. The van der Waals surface area contributed by atoms with E-state index in [-0.39, 0.29) is 16.1 Å². The largest absolute Gasteiger partial charge is 0.493 e. The molecule has 2 aromatic carbocycles. The molecular formula is C21H19ClN6O4S. The van der Waals surface area contributed by atoms with E-state index >= 15 is 0 Å². The van der Waals surface area contributed by atoms with Crippen LogP contribution in [-0.4, -0.2) is 42.6 Å². The van der Waals surface area contributed by atoms with E-state index in [1.165, 1.54) is 32.5 Å². The number of hydrogen-bond donors (Lipinski definition) is 2.